The van der Waals surface area contributed by atoms with Crippen molar-refractivity contribution in [2.24, 2.45) is 0 Å². The van der Waals surface area contributed by atoms with Crippen molar-refractivity contribution in [2.75, 3.05) is 0 Å². The lowest BCUT2D eigenvalue weighted by atomic mass is 10.0. The summed E-state index contributed by atoms with van der Waals surface area (Å²) in [6.07, 6.45) is 6.76. The molecule has 0 aliphatic heterocycles. The summed E-state index contributed by atoms with van der Waals surface area (Å²) < 4.78 is 0. The minimum atomic E-state index is -0.712. The van der Waals surface area contributed by atoms with E-state index in [-0.39, 0.29) is 0 Å². The Labute approximate surface area is 95.0 Å². The van der Waals surface area contributed by atoms with Crippen LogP contribution in [-0.4, -0.2) is 16.2 Å². The topological polar surface area (TPSA) is 33.1 Å². The Morgan fingerprint density at radius 2 is 2.19 bits per heavy atom. The van der Waals surface area contributed by atoms with Crippen molar-refractivity contribution >= 4 is 10.8 Å². The summed E-state index contributed by atoms with van der Waals surface area (Å²) in [4.78, 5) is 4.24. The standard InChI is InChI=1S/C14H13NO/c1-3-14(16)8-11-4-5-12-6-10(2)15-9-13(12)7-11/h1,4-7,9,14,16H,8H2,2H3. The monoisotopic (exact) mass is 211 g/mol. The number of nitrogens with zero attached hydrogens (tertiary/aromatic N) is 1. The van der Waals surface area contributed by atoms with Crippen molar-refractivity contribution in [2.45, 2.75) is 19.4 Å². The largest absolute Gasteiger partial charge is 0.380 e. The smallest absolute Gasteiger partial charge is 0.118 e. The minimum absolute atomic E-state index is 0.486. The predicted octanol–water partition coefficient (Wildman–Crippen LogP) is 2.08. The van der Waals surface area contributed by atoms with E-state index in [1.165, 1.54) is 0 Å². The van der Waals surface area contributed by atoms with E-state index in [0.29, 0.717) is 6.42 Å². The van der Waals surface area contributed by atoms with Gasteiger partial charge >= 0.3 is 0 Å². The van der Waals surface area contributed by atoms with Crippen LogP contribution in [0.5, 0.6) is 0 Å². The number of aryl methyl sites for hydroxylation is 1. The quantitative estimate of drug-likeness (QED) is 0.771. The van der Waals surface area contributed by atoms with Gasteiger partial charge < -0.3 is 5.11 Å². The first kappa shape index (κ1) is 10.7. The molecule has 2 aromatic rings. The number of hydrogen-bond donors (Lipinski definition) is 1. The molecule has 0 spiro atoms. The van der Waals surface area contributed by atoms with Crippen LogP contribution in [0, 0.1) is 19.3 Å². The zero-order valence-corrected chi connectivity index (χ0v) is 9.14. The molecule has 0 aliphatic rings. The van der Waals surface area contributed by atoms with Crippen molar-refractivity contribution in [1.82, 2.24) is 4.98 Å². The molecule has 0 amide bonds. The Kier molecular flexibility index (Phi) is 2.89. The molecule has 0 aliphatic carbocycles. The highest BCUT2D eigenvalue weighted by Gasteiger charge is 2.02. The zero-order valence-electron chi connectivity index (χ0n) is 9.14. The van der Waals surface area contributed by atoms with E-state index < -0.39 is 6.10 Å². The Morgan fingerprint density at radius 1 is 1.38 bits per heavy atom. The molecule has 2 nitrogen and oxygen atoms in total. The van der Waals surface area contributed by atoms with Crippen molar-refractivity contribution in [1.29, 1.82) is 0 Å². The van der Waals surface area contributed by atoms with Gasteiger partial charge in [0.2, 0.25) is 0 Å². The first-order valence-corrected chi connectivity index (χ1v) is 5.18. The van der Waals surface area contributed by atoms with Gasteiger partial charge in [0.25, 0.3) is 0 Å². The van der Waals surface area contributed by atoms with Gasteiger partial charge in [-0.2, -0.15) is 0 Å². The van der Waals surface area contributed by atoms with Crippen LogP contribution in [0.25, 0.3) is 10.8 Å². The third kappa shape index (κ3) is 2.21. The van der Waals surface area contributed by atoms with E-state index in [1.54, 1.807) is 0 Å². The molecule has 1 aromatic carbocycles. The second-order valence-electron chi connectivity index (χ2n) is 3.89. The molecule has 1 N–H and O–H groups in total. The molecule has 0 saturated carbocycles. The van der Waals surface area contributed by atoms with Crippen LogP contribution in [0.15, 0.2) is 30.5 Å². The molecule has 0 radical (unpaired) electrons. The number of aliphatic hydroxyl groups is 1. The highest BCUT2D eigenvalue weighted by atomic mass is 16.3. The molecule has 1 heterocycles. The van der Waals surface area contributed by atoms with Gasteiger partial charge in [-0.1, -0.05) is 18.1 Å². The predicted molar refractivity (Wildman–Crippen MR) is 65.0 cm³/mol. The summed E-state index contributed by atoms with van der Waals surface area (Å²) >= 11 is 0. The zero-order chi connectivity index (χ0) is 11.5. The maximum absolute atomic E-state index is 9.38. The molecule has 1 aromatic heterocycles. The lowest BCUT2D eigenvalue weighted by Gasteiger charge is -2.05. The van der Waals surface area contributed by atoms with E-state index in [0.717, 1.165) is 22.0 Å². The van der Waals surface area contributed by atoms with Crippen LogP contribution in [0.1, 0.15) is 11.3 Å². The average molecular weight is 211 g/mol. The molecule has 1 unspecified atom stereocenters. The van der Waals surface area contributed by atoms with Gasteiger partial charge in [0.1, 0.15) is 6.10 Å². The third-order valence-electron chi connectivity index (χ3n) is 2.54. The van der Waals surface area contributed by atoms with Crippen LogP contribution in [0.4, 0.5) is 0 Å². The van der Waals surface area contributed by atoms with Gasteiger partial charge in [0.05, 0.1) is 0 Å². The van der Waals surface area contributed by atoms with Crippen molar-refractivity contribution in [3.8, 4) is 12.3 Å². The molecule has 2 heteroatoms. The molecule has 1 atom stereocenters. The van der Waals surface area contributed by atoms with Gasteiger partial charge in [0, 0.05) is 23.7 Å². The number of aliphatic hydroxyl groups excluding tert-OH is 1. The van der Waals surface area contributed by atoms with Gasteiger partial charge in [-0.25, -0.2) is 0 Å². The van der Waals surface area contributed by atoms with Crippen LogP contribution in [0.3, 0.4) is 0 Å². The van der Waals surface area contributed by atoms with Crippen molar-refractivity contribution in [3.05, 3.63) is 41.7 Å². The SMILES string of the molecule is C#CC(O)Cc1ccc2cc(C)ncc2c1. The number of pyridine rings is 1. The summed E-state index contributed by atoms with van der Waals surface area (Å²) in [6, 6.07) is 8.07. The molecular weight excluding hydrogens is 198 g/mol. The summed E-state index contributed by atoms with van der Waals surface area (Å²) in [5.41, 5.74) is 2.03. The Hall–Kier alpha value is -1.85. The van der Waals surface area contributed by atoms with Crippen LogP contribution in [-0.2, 0) is 6.42 Å². The normalized spacial score (nSPS) is 12.3. The molecule has 2 rings (SSSR count). The van der Waals surface area contributed by atoms with Gasteiger partial charge in [-0.05, 0) is 30.0 Å². The average Bonchev–Trinajstić information content (AvgIpc) is 2.29. The number of hydrogen-bond acceptors (Lipinski definition) is 2. The van der Waals surface area contributed by atoms with E-state index in [1.807, 2.05) is 37.4 Å². The third-order valence-corrected chi connectivity index (χ3v) is 2.54. The van der Waals surface area contributed by atoms with Gasteiger partial charge in [-0.15, -0.1) is 6.42 Å². The second-order valence-corrected chi connectivity index (χ2v) is 3.89. The van der Waals surface area contributed by atoms with Crippen LogP contribution >= 0.6 is 0 Å². The van der Waals surface area contributed by atoms with E-state index in [2.05, 4.69) is 10.9 Å². The fourth-order valence-corrected chi connectivity index (χ4v) is 1.71. The molecule has 0 saturated heterocycles. The Balaban J connectivity index is 2.38. The fourth-order valence-electron chi connectivity index (χ4n) is 1.71. The lowest BCUT2D eigenvalue weighted by Crippen LogP contribution is -2.06. The van der Waals surface area contributed by atoms with E-state index in [4.69, 9.17) is 6.42 Å². The highest BCUT2D eigenvalue weighted by molar-refractivity contribution is 5.82. The number of aromatic nitrogens is 1. The number of benzene rings is 1. The summed E-state index contributed by atoms with van der Waals surface area (Å²) in [7, 11) is 0. The summed E-state index contributed by atoms with van der Waals surface area (Å²) in [5, 5.41) is 11.6. The molecule has 80 valence electrons. The first-order chi connectivity index (χ1) is 7.69. The van der Waals surface area contributed by atoms with Crippen molar-refractivity contribution in [3.63, 3.8) is 0 Å². The van der Waals surface area contributed by atoms with Gasteiger partial charge in [-0.3, -0.25) is 4.98 Å². The molecule has 16 heavy (non-hydrogen) atoms. The lowest BCUT2D eigenvalue weighted by molar-refractivity contribution is 0.233. The number of rotatable bonds is 2. The Bertz CT molecular complexity index is 554. The van der Waals surface area contributed by atoms with Crippen LogP contribution < -0.4 is 0 Å². The van der Waals surface area contributed by atoms with Crippen molar-refractivity contribution < 1.29 is 5.11 Å². The first-order valence-electron chi connectivity index (χ1n) is 5.18. The van der Waals surface area contributed by atoms with E-state index in [9.17, 15) is 5.11 Å². The fraction of sp³-hybridized carbons (Fsp3) is 0.214. The maximum atomic E-state index is 9.38. The number of terminal acetylenes is 1. The summed E-state index contributed by atoms with van der Waals surface area (Å²) in [6.45, 7) is 1.97. The molecule has 0 fully saturated rings. The molecule has 0 bridgehead atoms. The van der Waals surface area contributed by atoms with Crippen LogP contribution in [0.2, 0.25) is 0 Å². The van der Waals surface area contributed by atoms with E-state index >= 15 is 0 Å². The maximum Gasteiger partial charge on any atom is 0.118 e. The molecular formula is C14H13NO. The van der Waals surface area contributed by atoms with Gasteiger partial charge in [0.15, 0.2) is 0 Å². The number of fused-ring (bicyclic) bond motifs is 1. The Morgan fingerprint density at radius 3 is 2.94 bits per heavy atom. The second kappa shape index (κ2) is 4.34. The summed E-state index contributed by atoms with van der Waals surface area (Å²) in [5.74, 6) is 2.31. The highest BCUT2D eigenvalue weighted by Crippen LogP contribution is 2.16. The minimum Gasteiger partial charge on any atom is -0.380 e.